The van der Waals surface area contributed by atoms with Gasteiger partial charge in [-0.05, 0) is 50.2 Å². The summed E-state index contributed by atoms with van der Waals surface area (Å²) >= 11 is 5.90. The van der Waals surface area contributed by atoms with E-state index in [1.807, 2.05) is 0 Å². The second-order valence-corrected chi connectivity index (χ2v) is 10.1. The topological polar surface area (TPSA) is 85.4 Å². The molecule has 10 heteroatoms. The van der Waals surface area contributed by atoms with Crippen LogP contribution in [-0.4, -0.2) is 69.5 Å². The van der Waals surface area contributed by atoms with Gasteiger partial charge in [-0.1, -0.05) is 11.6 Å². The zero-order valence-corrected chi connectivity index (χ0v) is 20.1. The molecule has 0 aromatic heterocycles. The van der Waals surface area contributed by atoms with Crippen LogP contribution in [0.5, 0.6) is 17.2 Å². The molecule has 1 amide bonds. The largest absolute Gasteiger partial charge is 0.497 e. The zero-order chi connectivity index (χ0) is 23.5. The van der Waals surface area contributed by atoms with Crippen molar-refractivity contribution >= 4 is 27.5 Å². The molecule has 0 unspecified atom stereocenters. The van der Waals surface area contributed by atoms with Crippen LogP contribution in [0.3, 0.4) is 0 Å². The number of methoxy groups -OCH3 is 2. The first-order valence-corrected chi connectivity index (χ1v) is 11.9. The maximum Gasteiger partial charge on any atom is 0.266 e. The summed E-state index contributed by atoms with van der Waals surface area (Å²) in [5, 5.41) is 0.575. The number of halogens is 1. The molecule has 32 heavy (non-hydrogen) atoms. The van der Waals surface area contributed by atoms with E-state index in [4.69, 9.17) is 25.8 Å². The van der Waals surface area contributed by atoms with Crippen LogP contribution < -0.4 is 14.2 Å². The fourth-order valence-corrected chi connectivity index (χ4v) is 5.20. The lowest BCUT2D eigenvalue weighted by Crippen LogP contribution is -2.56. The van der Waals surface area contributed by atoms with E-state index in [2.05, 4.69) is 0 Å². The molecular formula is C22H27ClN2O6S. The zero-order valence-electron chi connectivity index (χ0n) is 18.5. The van der Waals surface area contributed by atoms with Gasteiger partial charge in [-0.15, -0.1) is 0 Å². The van der Waals surface area contributed by atoms with Crippen LogP contribution in [-0.2, 0) is 14.8 Å². The van der Waals surface area contributed by atoms with Crippen molar-refractivity contribution in [2.75, 3.05) is 40.4 Å². The summed E-state index contributed by atoms with van der Waals surface area (Å²) in [5.74, 6) is 0.962. The lowest BCUT2D eigenvalue weighted by Gasteiger charge is -2.38. The smallest absolute Gasteiger partial charge is 0.266 e. The molecule has 1 aliphatic rings. The molecule has 0 bridgehead atoms. The average Bonchev–Trinajstić information content (AvgIpc) is 2.79. The fourth-order valence-electron chi connectivity index (χ4n) is 3.48. The molecule has 0 radical (unpaired) electrons. The molecule has 3 rings (SSSR count). The van der Waals surface area contributed by atoms with Crippen molar-refractivity contribution in [1.82, 2.24) is 9.21 Å². The van der Waals surface area contributed by atoms with E-state index >= 15 is 0 Å². The van der Waals surface area contributed by atoms with Crippen LogP contribution in [0.2, 0.25) is 5.02 Å². The predicted octanol–water partition coefficient (Wildman–Crippen LogP) is 3.05. The maximum atomic E-state index is 13.2. The van der Waals surface area contributed by atoms with Crippen molar-refractivity contribution in [3.8, 4) is 17.2 Å². The van der Waals surface area contributed by atoms with Crippen molar-refractivity contribution in [1.29, 1.82) is 0 Å². The quantitative estimate of drug-likeness (QED) is 0.603. The molecule has 1 aliphatic heterocycles. The lowest BCUT2D eigenvalue weighted by atomic mass is 10.1. The van der Waals surface area contributed by atoms with E-state index < -0.39 is 15.6 Å². The Bertz CT molecular complexity index is 1060. The van der Waals surface area contributed by atoms with Gasteiger partial charge in [0.05, 0.1) is 14.2 Å². The van der Waals surface area contributed by atoms with E-state index in [1.165, 1.54) is 24.6 Å². The van der Waals surface area contributed by atoms with E-state index in [-0.39, 0.29) is 42.7 Å². The summed E-state index contributed by atoms with van der Waals surface area (Å²) in [5.41, 5.74) is -1.12. The molecular weight excluding hydrogens is 456 g/mol. The van der Waals surface area contributed by atoms with Gasteiger partial charge >= 0.3 is 0 Å². The van der Waals surface area contributed by atoms with Gasteiger partial charge in [-0.3, -0.25) is 4.79 Å². The number of sulfonamides is 1. The van der Waals surface area contributed by atoms with E-state index in [9.17, 15) is 13.2 Å². The third-order valence-corrected chi connectivity index (χ3v) is 7.39. The Hall–Kier alpha value is -2.49. The highest BCUT2D eigenvalue weighted by atomic mass is 35.5. The highest BCUT2D eigenvalue weighted by molar-refractivity contribution is 7.89. The third-order valence-electron chi connectivity index (χ3n) is 5.22. The minimum atomic E-state index is -3.83. The molecule has 1 heterocycles. The van der Waals surface area contributed by atoms with E-state index in [0.717, 1.165) is 0 Å². The van der Waals surface area contributed by atoms with Gasteiger partial charge in [0, 0.05) is 37.3 Å². The SMILES string of the molecule is COc1ccc(OC)c(S(=O)(=O)N2CCN(C(=O)C(C)(C)Oc3ccc(Cl)cc3)CC2)c1. The maximum absolute atomic E-state index is 13.2. The molecule has 0 N–H and O–H groups in total. The van der Waals surface area contributed by atoms with E-state index in [1.54, 1.807) is 55.1 Å². The number of benzene rings is 2. The van der Waals surface area contributed by atoms with Gasteiger partial charge < -0.3 is 19.1 Å². The van der Waals surface area contributed by atoms with E-state index in [0.29, 0.717) is 16.5 Å². The number of ether oxygens (including phenoxy) is 3. The van der Waals surface area contributed by atoms with Gasteiger partial charge in [0.15, 0.2) is 5.60 Å². The molecule has 0 aliphatic carbocycles. The average molecular weight is 483 g/mol. The molecule has 1 saturated heterocycles. The summed E-state index contributed by atoms with van der Waals surface area (Å²) in [4.78, 5) is 14.7. The van der Waals surface area contributed by atoms with Gasteiger partial charge in [0.2, 0.25) is 10.0 Å². The second kappa shape index (κ2) is 9.56. The van der Waals surface area contributed by atoms with Crippen LogP contribution in [0.25, 0.3) is 0 Å². The standard InChI is InChI=1S/C22H27ClN2O6S/c1-22(2,31-17-7-5-16(23)6-8-17)21(26)24-11-13-25(14-12-24)32(27,28)20-15-18(29-3)9-10-19(20)30-4/h5-10,15H,11-14H2,1-4H3. The van der Waals surface area contributed by atoms with Gasteiger partial charge in [-0.2, -0.15) is 4.31 Å². The van der Waals surface area contributed by atoms with Crippen molar-refractivity contribution in [2.24, 2.45) is 0 Å². The Morgan fingerprint density at radius 3 is 2.09 bits per heavy atom. The minimum Gasteiger partial charge on any atom is -0.497 e. The van der Waals surface area contributed by atoms with Crippen molar-refractivity contribution < 1.29 is 27.4 Å². The molecule has 0 atom stereocenters. The molecule has 1 fully saturated rings. The molecule has 0 saturated carbocycles. The Kier molecular flexibility index (Phi) is 7.22. The Morgan fingerprint density at radius 1 is 0.938 bits per heavy atom. The predicted molar refractivity (Wildman–Crippen MR) is 121 cm³/mol. The first kappa shape index (κ1) is 24.2. The Morgan fingerprint density at radius 2 is 1.53 bits per heavy atom. The minimum absolute atomic E-state index is 0.0329. The van der Waals surface area contributed by atoms with Crippen LogP contribution in [0.1, 0.15) is 13.8 Å². The third kappa shape index (κ3) is 5.11. The molecule has 0 spiro atoms. The Labute approximate surface area is 193 Å². The van der Waals surface area contributed by atoms with Crippen molar-refractivity contribution in [3.63, 3.8) is 0 Å². The molecule has 8 nitrogen and oxygen atoms in total. The first-order valence-electron chi connectivity index (χ1n) is 10.0. The summed E-state index contributed by atoms with van der Waals surface area (Å²) in [6.07, 6.45) is 0. The number of hydrogen-bond donors (Lipinski definition) is 0. The number of nitrogens with zero attached hydrogens (tertiary/aromatic N) is 2. The lowest BCUT2D eigenvalue weighted by molar-refractivity contribution is -0.146. The van der Waals surface area contributed by atoms with Gasteiger partial charge in [-0.25, -0.2) is 8.42 Å². The van der Waals surface area contributed by atoms with Crippen molar-refractivity contribution in [3.05, 3.63) is 47.5 Å². The molecule has 174 valence electrons. The number of carbonyl (C=O) groups is 1. The molecule has 2 aromatic carbocycles. The number of hydrogen-bond acceptors (Lipinski definition) is 6. The van der Waals surface area contributed by atoms with Crippen LogP contribution in [0.4, 0.5) is 0 Å². The Balaban J connectivity index is 1.70. The van der Waals surface area contributed by atoms with Crippen molar-refractivity contribution in [2.45, 2.75) is 24.3 Å². The highest BCUT2D eigenvalue weighted by Gasteiger charge is 2.38. The number of amides is 1. The van der Waals surface area contributed by atoms with Crippen LogP contribution >= 0.6 is 11.6 Å². The normalized spacial score (nSPS) is 15.3. The number of rotatable bonds is 7. The summed E-state index contributed by atoms with van der Waals surface area (Å²) in [7, 11) is -0.942. The van der Waals surface area contributed by atoms with Gasteiger partial charge in [0.25, 0.3) is 5.91 Å². The summed E-state index contributed by atoms with van der Waals surface area (Å²) < 4.78 is 44.1. The van der Waals surface area contributed by atoms with Crippen LogP contribution in [0.15, 0.2) is 47.4 Å². The molecule has 2 aromatic rings. The monoisotopic (exact) mass is 482 g/mol. The number of piperazine rings is 1. The fraction of sp³-hybridized carbons (Fsp3) is 0.409. The number of carbonyl (C=O) groups excluding carboxylic acids is 1. The van der Waals surface area contributed by atoms with Gasteiger partial charge in [0.1, 0.15) is 22.1 Å². The summed E-state index contributed by atoms with van der Waals surface area (Å²) in [6.45, 7) is 4.19. The summed E-state index contributed by atoms with van der Waals surface area (Å²) in [6, 6.07) is 11.4. The first-order chi connectivity index (χ1) is 15.1. The highest BCUT2D eigenvalue weighted by Crippen LogP contribution is 2.31. The van der Waals surface area contributed by atoms with Crippen LogP contribution in [0, 0.1) is 0 Å². The second-order valence-electron chi connectivity index (χ2n) is 7.78.